The van der Waals surface area contributed by atoms with Crippen LogP contribution >= 0.6 is 11.5 Å². The summed E-state index contributed by atoms with van der Waals surface area (Å²) in [6.07, 6.45) is 2.90. The summed E-state index contributed by atoms with van der Waals surface area (Å²) in [7, 11) is 0. The Morgan fingerprint density at radius 3 is 3.00 bits per heavy atom. The fourth-order valence-electron chi connectivity index (χ4n) is 1.46. The van der Waals surface area contributed by atoms with E-state index in [1.165, 1.54) is 0 Å². The minimum Gasteiger partial charge on any atom is -0.393 e. The van der Waals surface area contributed by atoms with E-state index in [4.69, 9.17) is 5.11 Å². The predicted molar refractivity (Wildman–Crippen MR) is 67.2 cm³/mol. The highest BCUT2D eigenvalue weighted by Crippen LogP contribution is 2.12. The van der Waals surface area contributed by atoms with Gasteiger partial charge >= 0.3 is 0 Å². The van der Waals surface area contributed by atoms with Crippen LogP contribution in [0.3, 0.4) is 0 Å². The first-order valence-corrected chi connectivity index (χ1v) is 6.70. The molecule has 0 aliphatic heterocycles. The van der Waals surface area contributed by atoms with Gasteiger partial charge in [0.2, 0.25) is 0 Å². The SMILES string of the molecule is CCCc1nnsc1C(=O)NCCCC(C)O. The van der Waals surface area contributed by atoms with Crippen molar-refractivity contribution in [3.63, 3.8) is 0 Å². The molecule has 1 amide bonds. The van der Waals surface area contributed by atoms with Crippen molar-refractivity contribution in [3.05, 3.63) is 10.6 Å². The van der Waals surface area contributed by atoms with Gasteiger partial charge in [-0.1, -0.05) is 17.8 Å². The number of nitrogens with one attached hydrogen (secondary N) is 1. The van der Waals surface area contributed by atoms with E-state index < -0.39 is 0 Å². The Morgan fingerprint density at radius 2 is 2.35 bits per heavy atom. The third-order valence-electron chi connectivity index (χ3n) is 2.33. The molecule has 0 aromatic carbocycles. The molecule has 0 saturated carbocycles. The zero-order chi connectivity index (χ0) is 12.7. The lowest BCUT2D eigenvalue weighted by atomic mass is 10.2. The molecule has 0 aliphatic rings. The third-order valence-corrected chi connectivity index (χ3v) is 3.10. The van der Waals surface area contributed by atoms with Crippen LogP contribution in [0.15, 0.2) is 0 Å². The summed E-state index contributed by atoms with van der Waals surface area (Å²) in [5.74, 6) is -0.103. The Kier molecular flexibility index (Phi) is 6.07. The first-order valence-electron chi connectivity index (χ1n) is 5.92. The molecule has 1 unspecified atom stereocenters. The van der Waals surface area contributed by atoms with Gasteiger partial charge in [-0.25, -0.2) is 0 Å². The Hall–Kier alpha value is -1.01. The molecule has 5 nitrogen and oxygen atoms in total. The summed E-state index contributed by atoms with van der Waals surface area (Å²) < 4.78 is 3.81. The summed E-state index contributed by atoms with van der Waals surface area (Å²) >= 11 is 1.14. The molecular weight excluding hydrogens is 238 g/mol. The van der Waals surface area contributed by atoms with Crippen molar-refractivity contribution in [1.29, 1.82) is 0 Å². The predicted octanol–water partition coefficient (Wildman–Crippen LogP) is 1.38. The second-order valence-corrected chi connectivity index (χ2v) is 4.80. The average Bonchev–Trinajstić information content (AvgIpc) is 2.72. The minimum atomic E-state index is -0.312. The number of hydrogen-bond donors (Lipinski definition) is 2. The highest BCUT2D eigenvalue weighted by atomic mass is 32.1. The number of nitrogens with zero attached hydrogens (tertiary/aromatic N) is 2. The molecule has 17 heavy (non-hydrogen) atoms. The standard InChI is InChI=1S/C11H19N3O2S/c1-3-5-9-10(17-14-13-9)11(16)12-7-4-6-8(2)15/h8,15H,3-7H2,1-2H3,(H,12,16). The van der Waals surface area contributed by atoms with Crippen LogP contribution in [-0.2, 0) is 6.42 Å². The highest BCUT2D eigenvalue weighted by Gasteiger charge is 2.14. The van der Waals surface area contributed by atoms with Crippen molar-refractivity contribution in [2.75, 3.05) is 6.54 Å². The van der Waals surface area contributed by atoms with E-state index in [0.29, 0.717) is 17.8 Å². The summed E-state index contributed by atoms with van der Waals surface area (Å²) in [6.45, 7) is 4.37. The maximum atomic E-state index is 11.8. The smallest absolute Gasteiger partial charge is 0.264 e. The van der Waals surface area contributed by atoms with E-state index in [1.807, 2.05) is 6.92 Å². The van der Waals surface area contributed by atoms with E-state index in [-0.39, 0.29) is 12.0 Å². The van der Waals surface area contributed by atoms with Crippen molar-refractivity contribution in [3.8, 4) is 0 Å². The monoisotopic (exact) mass is 257 g/mol. The number of aromatic nitrogens is 2. The number of rotatable bonds is 7. The van der Waals surface area contributed by atoms with Gasteiger partial charge in [-0.3, -0.25) is 4.79 Å². The lowest BCUT2D eigenvalue weighted by molar-refractivity contribution is 0.0952. The number of amides is 1. The Labute approximate surface area is 105 Å². The molecule has 0 spiro atoms. The fraction of sp³-hybridized carbons (Fsp3) is 0.727. The number of carbonyl (C=O) groups is 1. The molecule has 1 aromatic rings. The van der Waals surface area contributed by atoms with E-state index in [1.54, 1.807) is 6.92 Å². The lowest BCUT2D eigenvalue weighted by Gasteiger charge is -2.05. The van der Waals surface area contributed by atoms with Gasteiger partial charge < -0.3 is 10.4 Å². The number of carbonyl (C=O) groups excluding carboxylic acids is 1. The Morgan fingerprint density at radius 1 is 1.59 bits per heavy atom. The van der Waals surface area contributed by atoms with E-state index >= 15 is 0 Å². The molecule has 1 heterocycles. The van der Waals surface area contributed by atoms with Gasteiger partial charge in [0.25, 0.3) is 5.91 Å². The van der Waals surface area contributed by atoms with Gasteiger partial charge in [-0.2, -0.15) is 0 Å². The first-order chi connectivity index (χ1) is 8.15. The van der Waals surface area contributed by atoms with Crippen molar-refractivity contribution < 1.29 is 9.90 Å². The molecule has 0 bridgehead atoms. The van der Waals surface area contributed by atoms with Gasteiger partial charge in [0.05, 0.1) is 11.8 Å². The van der Waals surface area contributed by atoms with Gasteiger partial charge in [0.1, 0.15) is 4.88 Å². The van der Waals surface area contributed by atoms with Gasteiger partial charge in [0.15, 0.2) is 0 Å². The third kappa shape index (κ3) is 4.79. The largest absolute Gasteiger partial charge is 0.393 e. The Bertz CT molecular complexity index is 352. The van der Waals surface area contributed by atoms with Crippen LogP contribution in [0.5, 0.6) is 0 Å². The molecule has 96 valence electrons. The lowest BCUT2D eigenvalue weighted by Crippen LogP contribution is -2.25. The van der Waals surface area contributed by atoms with Crippen LogP contribution in [0.1, 0.15) is 48.5 Å². The molecular formula is C11H19N3O2S. The van der Waals surface area contributed by atoms with Crippen LogP contribution in [0.4, 0.5) is 0 Å². The molecule has 1 aromatic heterocycles. The van der Waals surface area contributed by atoms with Gasteiger partial charge in [-0.15, -0.1) is 5.10 Å². The molecule has 0 radical (unpaired) electrons. The Balaban J connectivity index is 2.38. The van der Waals surface area contributed by atoms with Crippen LogP contribution in [-0.4, -0.2) is 33.2 Å². The maximum Gasteiger partial charge on any atom is 0.264 e. The summed E-state index contributed by atoms with van der Waals surface area (Å²) in [5, 5.41) is 15.9. The second-order valence-electron chi connectivity index (χ2n) is 4.05. The van der Waals surface area contributed by atoms with E-state index in [0.717, 1.165) is 36.5 Å². The average molecular weight is 257 g/mol. The molecule has 6 heteroatoms. The zero-order valence-corrected chi connectivity index (χ0v) is 11.1. The van der Waals surface area contributed by atoms with Crippen molar-refractivity contribution in [2.45, 2.75) is 45.6 Å². The summed E-state index contributed by atoms with van der Waals surface area (Å²) in [4.78, 5) is 12.4. The highest BCUT2D eigenvalue weighted by molar-refractivity contribution is 7.08. The van der Waals surface area contributed by atoms with Gasteiger partial charge in [-0.05, 0) is 37.7 Å². The number of hydrogen-bond acceptors (Lipinski definition) is 5. The number of aliphatic hydroxyl groups excluding tert-OH is 1. The number of aliphatic hydroxyl groups is 1. The zero-order valence-electron chi connectivity index (χ0n) is 10.3. The summed E-state index contributed by atoms with van der Waals surface area (Å²) in [6, 6.07) is 0. The molecule has 0 fully saturated rings. The molecule has 2 N–H and O–H groups in total. The minimum absolute atomic E-state index is 0.103. The van der Waals surface area contributed by atoms with E-state index in [9.17, 15) is 4.79 Å². The summed E-state index contributed by atoms with van der Waals surface area (Å²) in [5.41, 5.74) is 0.783. The van der Waals surface area contributed by atoms with Crippen LogP contribution in [0, 0.1) is 0 Å². The first kappa shape index (κ1) is 14.1. The molecule has 1 atom stereocenters. The van der Waals surface area contributed by atoms with Crippen LogP contribution in [0.2, 0.25) is 0 Å². The van der Waals surface area contributed by atoms with Crippen molar-refractivity contribution >= 4 is 17.4 Å². The van der Waals surface area contributed by atoms with E-state index in [2.05, 4.69) is 14.9 Å². The fourth-order valence-corrected chi connectivity index (χ4v) is 2.09. The maximum absolute atomic E-state index is 11.8. The van der Waals surface area contributed by atoms with Gasteiger partial charge in [0, 0.05) is 6.54 Å². The van der Waals surface area contributed by atoms with Crippen molar-refractivity contribution in [2.24, 2.45) is 0 Å². The van der Waals surface area contributed by atoms with Crippen LogP contribution < -0.4 is 5.32 Å². The molecule has 0 aliphatic carbocycles. The number of aryl methyl sites for hydroxylation is 1. The van der Waals surface area contributed by atoms with Crippen molar-refractivity contribution in [1.82, 2.24) is 14.9 Å². The molecule has 0 saturated heterocycles. The molecule has 1 rings (SSSR count). The normalized spacial score (nSPS) is 12.4. The second kappa shape index (κ2) is 7.34. The quantitative estimate of drug-likeness (QED) is 0.724. The van der Waals surface area contributed by atoms with Crippen LogP contribution in [0.25, 0.3) is 0 Å². The topological polar surface area (TPSA) is 75.1 Å².